The van der Waals surface area contributed by atoms with Crippen LogP contribution in [0.5, 0.6) is 0 Å². The second-order valence-corrected chi connectivity index (χ2v) is 6.89. The summed E-state index contributed by atoms with van der Waals surface area (Å²) < 4.78 is 51.5. The molecule has 0 bridgehead atoms. The summed E-state index contributed by atoms with van der Waals surface area (Å²) in [6.07, 6.45) is -1.50. The van der Waals surface area contributed by atoms with E-state index >= 15 is 0 Å². The second-order valence-electron chi connectivity index (χ2n) is 6.46. The highest BCUT2D eigenvalue weighted by Gasteiger charge is 2.44. The number of hydrazine groups is 1. The van der Waals surface area contributed by atoms with Gasteiger partial charge in [-0.15, -0.1) is 0 Å². The minimum atomic E-state index is -5.30. The molecule has 1 fully saturated rings. The highest BCUT2D eigenvalue weighted by molar-refractivity contribution is 6.30. The maximum Gasteiger partial charge on any atom is 0.473 e. The quantitative estimate of drug-likeness (QED) is 0.334. The monoisotopic (exact) mass is 431 g/mol. The number of alkyl halides is 3. The van der Waals surface area contributed by atoms with Gasteiger partial charge in [0, 0.05) is 23.0 Å². The van der Waals surface area contributed by atoms with E-state index < -0.39 is 39.9 Å². The molecule has 2 amide bonds. The number of halogens is 5. The maximum absolute atomic E-state index is 14.3. The molecule has 0 spiro atoms. The molecule has 0 radical (unpaired) electrons. The Hall–Kier alpha value is -2.79. The number of benzene rings is 1. The number of carbonyl (C=O) groups excluding carboxylic acids is 2. The van der Waals surface area contributed by atoms with Gasteiger partial charge in [0.2, 0.25) is 5.95 Å². The van der Waals surface area contributed by atoms with E-state index in [4.69, 9.17) is 17.4 Å². The molecule has 0 aliphatic heterocycles. The highest BCUT2D eigenvalue weighted by atomic mass is 35.5. The number of aromatic nitrogens is 2. The predicted octanol–water partition coefficient (Wildman–Crippen LogP) is 3.17. The molecule has 0 unspecified atom stereocenters. The summed E-state index contributed by atoms with van der Waals surface area (Å²) in [6.45, 7) is 0. The molecule has 1 saturated carbocycles. The predicted molar refractivity (Wildman–Crippen MR) is 94.0 cm³/mol. The van der Waals surface area contributed by atoms with Crippen molar-refractivity contribution in [2.75, 3.05) is 5.32 Å². The summed E-state index contributed by atoms with van der Waals surface area (Å²) in [4.78, 5) is 30.7. The number of carbonyl (C=O) groups is 2. The van der Waals surface area contributed by atoms with Gasteiger partial charge in [0.1, 0.15) is 5.82 Å². The lowest BCUT2D eigenvalue weighted by Gasteiger charge is -2.43. The first-order chi connectivity index (χ1) is 13.5. The minimum Gasteiger partial charge on any atom is -0.345 e. The largest absolute Gasteiger partial charge is 0.473 e. The van der Waals surface area contributed by atoms with Crippen molar-refractivity contribution in [3.8, 4) is 0 Å². The molecule has 1 aliphatic rings. The molecule has 3 N–H and O–H groups in total. The number of amides is 2. The van der Waals surface area contributed by atoms with Crippen LogP contribution in [0.25, 0.3) is 0 Å². The molecular formula is C17H14ClF4N5O2. The Morgan fingerprint density at radius 2 is 1.83 bits per heavy atom. The van der Waals surface area contributed by atoms with Crippen molar-refractivity contribution in [3.05, 3.63) is 52.6 Å². The number of nitrogens with two attached hydrogens (primary N) is 1. The van der Waals surface area contributed by atoms with Gasteiger partial charge in [-0.05, 0) is 37.5 Å². The van der Waals surface area contributed by atoms with E-state index in [1.807, 2.05) is 0 Å². The molecular weight excluding hydrogens is 418 g/mol. The molecule has 12 heteroatoms. The van der Waals surface area contributed by atoms with Crippen LogP contribution in [-0.2, 0) is 10.3 Å². The van der Waals surface area contributed by atoms with E-state index in [0.717, 1.165) is 18.8 Å². The van der Waals surface area contributed by atoms with E-state index in [2.05, 4.69) is 15.3 Å². The third kappa shape index (κ3) is 4.15. The first-order valence-corrected chi connectivity index (χ1v) is 8.67. The zero-order chi connectivity index (χ0) is 21.4. The average Bonchev–Trinajstić information content (AvgIpc) is 2.65. The topological polar surface area (TPSA) is 101 Å². The van der Waals surface area contributed by atoms with Gasteiger partial charge >= 0.3 is 12.1 Å². The van der Waals surface area contributed by atoms with E-state index in [1.54, 1.807) is 0 Å². The molecule has 1 aliphatic carbocycles. The zero-order valence-corrected chi connectivity index (χ0v) is 15.4. The van der Waals surface area contributed by atoms with Crippen molar-refractivity contribution < 1.29 is 27.2 Å². The van der Waals surface area contributed by atoms with Crippen molar-refractivity contribution >= 4 is 29.4 Å². The van der Waals surface area contributed by atoms with Crippen LogP contribution in [0.15, 0.2) is 30.6 Å². The number of nitrogens with one attached hydrogen (secondary N) is 1. The molecule has 1 aromatic heterocycles. The Kier molecular flexibility index (Phi) is 5.46. The SMILES string of the molecule is NN(C(=O)c1cnc(NC2(c3cc(Cl)ccc3F)CCC2)nc1)C(=O)C(F)(F)F. The van der Waals surface area contributed by atoms with Crippen molar-refractivity contribution in [2.45, 2.75) is 31.0 Å². The van der Waals surface area contributed by atoms with Crippen molar-refractivity contribution in [1.82, 2.24) is 15.0 Å². The third-order valence-corrected chi connectivity index (χ3v) is 4.82. The van der Waals surface area contributed by atoms with Gasteiger partial charge in [-0.2, -0.15) is 13.2 Å². The fourth-order valence-corrected chi connectivity index (χ4v) is 3.11. The number of hydrogen-bond donors (Lipinski definition) is 2. The fraction of sp³-hybridized carbons (Fsp3) is 0.294. The molecule has 1 aromatic carbocycles. The summed E-state index contributed by atoms with van der Waals surface area (Å²) in [5.74, 6) is 0.567. The fourth-order valence-electron chi connectivity index (χ4n) is 2.94. The van der Waals surface area contributed by atoms with Crippen molar-refractivity contribution in [2.24, 2.45) is 5.84 Å². The standard InChI is InChI=1S/C17H14ClF4N5O2/c18-10-2-3-12(19)11(6-10)16(4-1-5-16)26-15-24-7-9(8-25-15)13(28)27(23)14(29)17(20,21)22/h2-3,6-8H,1,4-5,23H2,(H,24,25,26). The summed E-state index contributed by atoms with van der Waals surface area (Å²) in [7, 11) is 0. The van der Waals surface area contributed by atoms with Gasteiger partial charge in [-0.25, -0.2) is 25.2 Å². The summed E-state index contributed by atoms with van der Waals surface area (Å²) in [5.41, 5.74) is -0.886. The first-order valence-electron chi connectivity index (χ1n) is 8.29. The van der Waals surface area contributed by atoms with E-state index in [0.29, 0.717) is 23.4 Å². The van der Waals surface area contributed by atoms with E-state index in [9.17, 15) is 27.2 Å². The van der Waals surface area contributed by atoms with Crippen LogP contribution in [0.4, 0.5) is 23.5 Å². The normalized spacial score (nSPS) is 15.4. The molecule has 29 heavy (non-hydrogen) atoms. The molecule has 3 rings (SSSR count). The first kappa shape index (κ1) is 20.9. The van der Waals surface area contributed by atoms with Crippen LogP contribution < -0.4 is 11.2 Å². The number of imide groups is 1. The van der Waals surface area contributed by atoms with Crippen LogP contribution in [0, 0.1) is 5.82 Å². The van der Waals surface area contributed by atoms with E-state index in [1.165, 1.54) is 18.2 Å². The van der Waals surface area contributed by atoms with Gasteiger partial charge in [0.25, 0.3) is 5.91 Å². The van der Waals surface area contributed by atoms with Crippen LogP contribution in [-0.4, -0.2) is 33.0 Å². The Morgan fingerprint density at radius 3 is 2.34 bits per heavy atom. The maximum atomic E-state index is 14.3. The smallest absolute Gasteiger partial charge is 0.345 e. The number of anilines is 1. The van der Waals surface area contributed by atoms with Crippen LogP contribution in [0.2, 0.25) is 5.02 Å². The van der Waals surface area contributed by atoms with Gasteiger partial charge in [0.15, 0.2) is 0 Å². The third-order valence-electron chi connectivity index (χ3n) is 4.58. The minimum absolute atomic E-state index is 0.0198. The lowest BCUT2D eigenvalue weighted by Crippen LogP contribution is -2.49. The van der Waals surface area contributed by atoms with Crippen molar-refractivity contribution in [3.63, 3.8) is 0 Å². The number of hydrogen-bond acceptors (Lipinski definition) is 6. The van der Waals surface area contributed by atoms with Crippen LogP contribution in [0.3, 0.4) is 0 Å². The number of rotatable bonds is 4. The molecule has 154 valence electrons. The van der Waals surface area contributed by atoms with Crippen LogP contribution in [0.1, 0.15) is 35.2 Å². The van der Waals surface area contributed by atoms with Gasteiger partial charge in [-0.3, -0.25) is 9.59 Å². The highest BCUT2D eigenvalue weighted by Crippen LogP contribution is 2.45. The van der Waals surface area contributed by atoms with E-state index in [-0.39, 0.29) is 5.95 Å². The summed E-state index contributed by atoms with van der Waals surface area (Å²) in [6, 6.07) is 4.16. The molecule has 7 nitrogen and oxygen atoms in total. The summed E-state index contributed by atoms with van der Waals surface area (Å²) in [5, 5.41) is 2.79. The van der Waals surface area contributed by atoms with Crippen LogP contribution >= 0.6 is 11.6 Å². The molecule has 0 saturated heterocycles. The molecule has 0 atom stereocenters. The Bertz CT molecular complexity index is 948. The Morgan fingerprint density at radius 1 is 1.21 bits per heavy atom. The molecule has 1 heterocycles. The lowest BCUT2D eigenvalue weighted by atomic mass is 9.71. The van der Waals surface area contributed by atoms with Gasteiger partial charge in [0.05, 0.1) is 11.1 Å². The van der Waals surface area contributed by atoms with Gasteiger partial charge in [-0.1, -0.05) is 11.6 Å². The zero-order valence-electron chi connectivity index (χ0n) is 14.6. The van der Waals surface area contributed by atoms with Crippen molar-refractivity contribution in [1.29, 1.82) is 0 Å². The Labute approximate surface area is 166 Å². The number of nitrogens with zero attached hydrogens (tertiary/aromatic N) is 3. The second kappa shape index (κ2) is 7.56. The lowest BCUT2D eigenvalue weighted by molar-refractivity contribution is -0.182. The van der Waals surface area contributed by atoms with Gasteiger partial charge < -0.3 is 5.32 Å². The summed E-state index contributed by atoms with van der Waals surface area (Å²) >= 11 is 5.96. The Balaban J connectivity index is 1.79. The average molecular weight is 432 g/mol. The molecule has 2 aromatic rings.